The van der Waals surface area contributed by atoms with Gasteiger partial charge in [0, 0.05) is 49.9 Å². The summed E-state index contributed by atoms with van der Waals surface area (Å²) in [4.78, 5) is 25.4. The predicted octanol–water partition coefficient (Wildman–Crippen LogP) is 5.87. The van der Waals surface area contributed by atoms with Gasteiger partial charge in [0.2, 0.25) is 5.91 Å². The normalized spacial score (nSPS) is 14.6. The van der Waals surface area contributed by atoms with Gasteiger partial charge in [0.05, 0.1) is 5.56 Å². The third-order valence-electron chi connectivity index (χ3n) is 5.99. The van der Waals surface area contributed by atoms with Crippen LogP contribution in [-0.2, 0) is 11.0 Å². The molecule has 1 amide bonds. The van der Waals surface area contributed by atoms with Crippen molar-refractivity contribution in [3.63, 3.8) is 0 Å². The van der Waals surface area contributed by atoms with Gasteiger partial charge in [0.15, 0.2) is 5.82 Å². The highest BCUT2D eigenvalue weighted by molar-refractivity contribution is 5.76. The molecular weight excluding hydrogens is 429 g/mol. The highest BCUT2D eigenvalue weighted by Crippen LogP contribution is 2.32. The minimum atomic E-state index is -4.42. The van der Waals surface area contributed by atoms with E-state index >= 15 is 0 Å². The Kier molecular flexibility index (Phi) is 8.69. The average molecular weight is 463 g/mol. The lowest BCUT2D eigenvalue weighted by Crippen LogP contribution is -2.49. The van der Waals surface area contributed by atoms with Crippen molar-refractivity contribution in [2.24, 2.45) is 0 Å². The van der Waals surface area contributed by atoms with Crippen molar-refractivity contribution < 1.29 is 18.0 Å². The Balaban J connectivity index is 1.59. The second-order valence-electron chi connectivity index (χ2n) is 8.66. The number of piperazine rings is 1. The minimum absolute atomic E-state index is 0.202. The summed E-state index contributed by atoms with van der Waals surface area (Å²) in [6.45, 7) is 6.52. The van der Waals surface area contributed by atoms with Crippen LogP contribution in [0.2, 0.25) is 0 Å². The highest BCUT2D eigenvalue weighted by atomic mass is 19.4. The third-order valence-corrected chi connectivity index (χ3v) is 5.99. The lowest BCUT2D eigenvalue weighted by atomic mass is 10.1. The van der Waals surface area contributed by atoms with Gasteiger partial charge >= 0.3 is 6.18 Å². The number of carbonyl (C=O) groups is 1. The molecule has 1 aliphatic rings. The van der Waals surface area contributed by atoms with E-state index in [0.717, 1.165) is 25.0 Å². The molecule has 0 aliphatic carbocycles. The summed E-state index contributed by atoms with van der Waals surface area (Å²) in [5.74, 6) is 1.16. The maximum Gasteiger partial charge on any atom is 0.416 e. The number of benzene rings is 1. The zero-order chi connectivity index (χ0) is 23.8. The van der Waals surface area contributed by atoms with Gasteiger partial charge < -0.3 is 9.80 Å². The molecule has 0 spiro atoms. The van der Waals surface area contributed by atoms with Gasteiger partial charge in [0.1, 0.15) is 5.82 Å². The number of alkyl halides is 3. The zero-order valence-corrected chi connectivity index (χ0v) is 19.5. The first-order valence-corrected chi connectivity index (χ1v) is 11.8. The number of aryl methyl sites for hydroxylation is 1. The Bertz CT molecular complexity index is 924. The van der Waals surface area contributed by atoms with E-state index in [1.807, 2.05) is 17.9 Å². The van der Waals surface area contributed by atoms with Gasteiger partial charge in [-0.15, -0.1) is 0 Å². The predicted molar refractivity (Wildman–Crippen MR) is 124 cm³/mol. The van der Waals surface area contributed by atoms with Crippen LogP contribution in [0.5, 0.6) is 0 Å². The summed E-state index contributed by atoms with van der Waals surface area (Å²) in [5.41, 5.74) is 0.306. The van der Waals surface area contributed by atoms with Crippen molar-refractivity contribution in [1.29, 1.82) is 0 Å². The number of hydrogen-bond donors (Lipinski definition) is 0. The van der Waals surface area contributed by atoms with Crippen LogP contribution in [0, 0.1) is 6.92 Å². The van der Waals surface area contributed by atoms with E-state index in [1.165, 1.54) is 31.7 Å². The molecule has 0 saturated carbocycles. The van der Waals surface area contributed by atoms with E-state index in [0.29, 0.717) is 49.7 Å². The molecule has 0 atom stereocenters. The van der Waals surface area contributed by atoms with Crippen molar-refractivity contribution in [2.75, 3.05) is 31.1 Å². The molecule has 1 saturated heterocycles. The van der Waals surface area contributed by atoms with E-state index in [1.54, 1.807) is 6.07 Å². The second kappa shape index (κ2) is 11.5. The van der Waals surface area contributed by atoms with Crippen LogP contribution in [0.3, 0.4) is 0 Å². The first-order valence-electron chi connectivity index (χ1n) is 11.8. The molecule has 2 aromatic rings. The fourth-order valence-corrected chi connectivity index (χ4v) is 4.08. The van der Waals surface area contributed by atoms with Crippen LogP contribution >= 0.6 is 0 Å². The number of amides is 1. The molecule has 180 valence electrons. The van der Waals surface area contributed by atoms with Crippen LogP contribution in [-0.4, -0.2) is 47.0 Å². The Labute approximate surface area is 194 Å². The Hall–Kier alpha value is -2.64. The molecule has 1 aliphatic heterocycles. The lowest BCUT2D eigenvalue weighted by Gasteiger charge is -2.35. The third kappa shape index (κ3) is 7.17. The Morgan fingerprint density at radius 3 is 2.36 bits per heavy atom. The number of rotatable bonds is 9. The monoisotopic (exact) mass is 462 g/mol. The fraction of sp³-hybridized carbons (Fsp3) is 0.560. The summed E-state index contributed by atoms with van der Waals surface area (Å²) in [5, 5.41) is 0. The molecule has 0 radical (unpaired) electrons. The average Bonchev–Trinajstić information content (AvgIpc) is 2.80. The van der Waals surface area contributed by atoms with Crippen molar-refractivity contribution in [1.82, 2.24) is 14.9 Å². The standard InChI is InChI=1S/C25H33F3N4O/c1-3-4-5-6-7-8-12-23(33)32-15-13-31(14-16-32)22-17-19(2)29-24(30-22)20-10-9-11-21(18-20)25(26,27)28/h9-11,17-18H,3-8,12-16H2,1-2H3. The van der Waals surface area contributed by atoms with Crippen molar-refractivity contribution >= 4 is 11.7 Å². The van der Waals surface area contributed by atoms with E-state index in [2.05, 4.69) is 21.8 Å². The van der Waals surface area contributed by atoms with Gasteiger partial charge in [-0.25, -0.2) is 9.97 Å². The number of carbonyl (C=O) groups excluding carboxylic acids is 1. The maximum absolute atomic E-state index is 13.1. The molecule has 1 aromatic heterocycles. The topological polar surface area (TPSA) is 49.3 Å². The van der Waals surface area contributed by atoms with Crippen LogP contribution in [0.15, 0.2) is 30.3 Å². The molecule has 5 nitrogen and oxygen atoms in total. The number of unbranched alkanes of at least 4 members (excludes halogenated alkanes) is 5. The first kappa shape index (κ1) is 25.0. The molecule has 0 bridgehead atoms. The molecule has 0 N–H and O–H groups in total. The van der Waals surface area contributed by atoms with Gasteiger partial charge in [0.25, 0.3) is 0 Å². The van der Waals surface area contributed by atoms with Crippen LogP contribution in [0.25, 0.3) is 11.4 Å². The SMILES string of the molecule is CCCCCCCCC(=O)N1CCN(c2cc(C)nc(-c3cccc(C(F)(F)F)c3)n2)CC1. The highest BCUT2D eigenvalue weighted by Gasteiger charge is 2.30. The van der Waals surface area contributed by atoms with Gasteiger partial charge in [-0.2, -0.15) is 13.2 Å². The number of anilines is 1. The number of aromatic nitrogens is 2. The Morgan fingerprint density at radius 1 is 0.970 bits per heavy atom. The van der Waals surface area contributed by atoms with Gasteiger partial charge in [-0.1, -0.05) is 51.2 Å². The minimum Gasteiger partial charge on any atom is -0.353 e. The Morgan fingerprint density at radius 2 is 1.67 bits per heavy atom. The summed E-state index contributed by atoms with van der Waals surface area (Å²) in [7, 11) is 0. The molecule has 33 heavy (non-hydrogen) atoms. The molecular formula is C25H33F3N4O. The molecule has 0 unspecified atom stereocenters. The lowest BCUT2D eigenvalue weighted by molar-refractivity contribution is -0.137. The summed E-state index contributed by atoms with van der Waals surface area (Å²) >= 11 is 0. The van der Waals surface area contributed by atoms with Crippen molar-refractivity contribution in [3.05, 3.63) is 41.6 Å². The largest absolute Gasteiger partial charge is 0.416 e. The fourth-order valence-electron chi connectivity index (χ4n) is 4.08. The van der Waals surface area contributed by atoms with E-state index < -0.39 is 11.7 Å². The maximum atomic E-state index is 13.1. The molecule has 1 aromatic carbocycles. The van der Waals surface area contributed by atoms with E-state index in [9.17, 15) is 18.0 Å². The quantitative estimate of drug-likeness (QED) is 0.437. The number of hydrogen-bond acceptors (Lipinski definition) is 4. The smallest absolute Gasteiger partial charge is 0.353 e. The van der Waals surface area contributed by atoms with Crippen molar-refractivity contribution in [2.45, 2.75) is 65.0 Å². The zero-order valence-electron chi connectivity index (χ0n) is 19.5. The number of nitrogens with zero attached hydrogens (tertiary/aromatic N) is 4. The van der Waals surface area contributed by atoms with Crippen LogP contribution in [0.1, 0.15) is 63.1 Å². The molecule has 2 heterocycles. The summed E-state index contributed by atoms with van der Waals surface area (Å²) in [6, 6.07) is 6.92. The molecule has 3 rings (SSSR count). The van der Waals surface area contributed by atoms with Crippen LogP contribution < -0.4 is 4.90 Å². The number of halogens is 3. The first-order chi connectivity index (χ1) is 15.8. The molecule has 1 fully saturated rings. The van der Waals surface area contributed by atoms with Crippen molar-refractivity contribution in [3.8, 4) is 11.4 Å². The summed E-state index contributed by atoms with van der Waals surface area (Å²) < 4.78 is 39.3. The van der Waals surface area contributed by atoms with Gasteiger partial charge in [-0.3, -0.25) is 4.79 Å². The summed E-state index contributed by atoms with van der Waals surface area (Å²) in [6.07, 6.45) is 3.13. The van der Waals surface area contributed by atoms with Gasteiger partial charge in [-0.05, 0) is 25.5 Å². The molecule has 8 heteroatoms. The van der Waals surface area contributed by atoms with E-state index in [-0.39, 0.29) is 11.7 Å². The van der Waals surface area contributed by atoms with E-state index in [4.69, 9.17) is 0 Å². The van der Waals surface area contributed by atoms with Crippen LogP contribution in [0.4, 0.5) is 19.0 Å². The second-order valence-corrected chi connectivity index (χ2v) is 8.66.